The zero-order chi connectivity index (χ0) is 15.6. The summed E-state index contributed by atoms with van der Waals surface area (Å²) in [6.07, 6.45) is 0.0308. The van der Waals surface area contributed by atoms with Gasteiger partial charge in [0, 0.05) is 16.1 Å². The van der Waals surface area contributed by atoms with Crippen molar-refractivity contribution in [3.63, 3.8) is 0 Å². The summed E-state index contributed by atoms with van der Waals surface area (Å²) in [6.45, 7) is 0. The Morgan fingerprint density at radius 1 is 1.09 bits per heavy atom. The summed E-state index contributed by atoms with van der Waals surface area (Å²) in [5, 5.41) is 3.17. The monoisotopic (exact) mass is 313 g/mol. The molecule has 0 saturated heterocycles. The highest BCUT2D eigenvalue weighted by Crippen LogP contribution is 2.48. The summed E-state index contributed by atoms with van der Waals surface area (Å²) >= 11 is 1.33. The Balaban J connectivity index is 1.90. The average Bonchev–Trinajstić information content (AvgIpc) is 2.94. The normalized spacial score (nSPS) is 19.1. The number of Topliss-reactive ketones (excluding diaryl/α,β-unsaturated/α-hetero) is 1. The number of nitrogens with one attached hydrogen (secondary N) is 1. The van der Waals surface area contributed by atoms with Crippen LogP contribution in [0, 0.1) is 0 Å². The van der Waals surface area contributed by atoms with Crippen molar-refractivity contribution in [1.82, 2.24) is 0 Å². The van der Waals surface area contributed by atoms with Gasteiger partial charge in [0.2, 0.25) is 0 Å². The number of para-hydroxylation sites is 1. The number of hydrogen-bond acceptors (Lipinski definition) is 5. The number of anilines is 1. The highest BCUT2D eigenvalue weighted by atomic mass is 32.2. The Kier molecular flexibility index (Phi) is 3.90. The summed E-state index contributed by atoms with van der Waals surface area (Å²) in [5.74, 6) is -0.545. The van der Waals surface area contributed by atoms with Gasteiger partial charge in [-0.25, -0.2) is 4.79 Å². The highest BCUT2D eigenvalue weighted by molar-refractivity contribution is 8.02. The molecular formula is C17H15NO3S. The van der Waals surface area contributed by atoms with E-state index in [0.717, 1.165) is 10.6 Å². The molecule has 5 heteroatoms. The first-order chi connectivity index (χ1) is 10.6. The molecule has 4 nitrogen and oxygen atoms in total. The molecule has 1 aliphatic heterocycles. The standard InChI is InChI=1S/C17H15NO3S/c1-21-16(20)17(11-14(19)12-7-3-2-4-8-12)18-13-9-5-6-10-15(13)22-17/h2-10,18H,11H2,1H3. The lowest BCUT2D eigenvalue weighted by molar-refractivity contribution is -0.142. The van der Waals surface area contributed by atoms with Gasteiger partial charge in [0.1, 0.15) is 0 Å². The molecule has 2 aromatic rings. The quantitative estimate of drug-likeness (QED) is 0.693. The molecular weight excluding hydrogens is 298 g/mol. The molecule has 3 rings (SSSR count). The molecule has 0 fully saturated rings. The van der Waals surface area contributed by atoms with Gasteiger partial charge in [-0.1, -0.05) is 54.2 Å². The third kappa shape index (κ3) is 2.60. The lowest BCUT2D eigenvalue weighted by atomic mass is 10.0. The lowest BCUT2D eigenvalue weighted by Crippen LogP contribution is -2.43. The average molecular weight is 313 g/mol. The van der Waals surface area contributed by atoms with Crippen molar-refractivity contribution in [2.24, 2.45) is 0 Å². The second-order valence-corrected chi connectivity index (χ2v) is 6.35. The Bertz CT molecular complexity index is 690. The van der Waals surface area contributed by atoms with Crippen molar-refractivity contribution in [2.45, 2.75) is 16.2 Å². The fourth-order valence-corrected chi connectivity index (χ4v) is 3.73. The van der Waals surface area contributed by atoms with Crippen LogP contribution in [0.25, 0.3) is 0 Å². The first-order valence-corrected chi connectivity index (χ1v) is 7.69. The van der Waals surface area contributed by atoms with E-state index in [9.17, 15) is 9.59 Å². The van der Waals surface area contributed by atoms with E-state index in [0.29, 0.717) is 5.56 Å². The molecule has 0 bridgehead atoms. The topological polar surface area (TPSA) is 55.4 Å². The van der Waals surface area contributed by atoms with Gasteiger partial charge in [-0.15, -0.1) is 0 Å². The maximum Gasteiger partial charge on any atom is 0.343 e. The number of hydrogen-bond donors (Lipinski definition) is 1. The zero-order valence-electron chi connectivity index (χ0n) is 12.0. The zero-order valence-corrected chi connectivity index (χ0v) is 12.9. The van der Waals surface area contributed by atoms with Crippen molar-refractivity contribution in [3.8, 4) is 0 Å². The third-order valence-corrected chi connectivity index (χ3v) is 4.87. The van der Waals surface area contributed by atoms with Crippen molar-refractivity contribution in [1.29, 1.82) is 0 Å². The fourth-order valence-electron chi connectivity index (χ4n) is 2.45. The molecule has 2 aromatic carbocycles. The van der Waals surface area contributed by atoms with Crippen molar-refractivity contribution in [3.05, 3.63) is 60.2 Å². The highest BCUT2D eigenvalue weighted by Gasteiger charge is 2.47. The van der Waals surface area contributed by atoms with Crippen LogP contribution in [0.2, 0.25) is 0 Å². The van der Waals surface area contributed by atoms with Gasteiger partial charge in [-0.2, -0.15) is 0 Å². The van der Waals surface area contributed by atoms with Gasteiger partial charge >= 0.3 is 5.97 Å². The van der Waals surface area contributed by atoms with E-state index in [1.807, 2.05) is 42.5 Å². The number of thioether (sulfide) groups is 1. The van der Waals surface area contributed by atoms with E-state index < -0.39 is 10.8 Å². The van der Waals surface area contributed by atoms with Crippen LogP contribution in [-0.4, -0.2) is 23.7 Å². The molecule has 0 saturated carbocycles. The van der Waals surface area contributed by atoms with Gasteiger partial charge < -0.3 is 10.1 Å². The number of carbonyl (C=O) groups is 2. The maximum atomic E-state index is 12.5. The first kappa shape index (κ1) is 14.7. The van der Waals surface area contributed by atoms with E-state index in [-0.39, 0.29) is 12.2 Å². The predicted octanol–water partition coefficient (Wildman–Crippen LogP) is 3.35. The minimum atomic E-state index is -1.11. The van der Waals surface area contributed by atoms with Crippen molar-refractivity contribution >= 4 is 29.2 Å². The first-order valence-electron chi connectivity index (χ1n) is 6.87. The molecule has 112 valence electrons. The van der Waals surface area contributed by atoms with Crippen LogP contribution in [0.4, 0.5) is 5.69 Å². The molecule has 1 unspecified atom stereocenters. The molecule has 22 heavy (non-hydrogen) atoms. The number of rotatable bonds is 4. The number of benzene rings is 2. The largest absolute Gasteiger partial charge is 0.467 e. The van der Waals surface area contributed by atoms with Crippen LogP contribution in [0.3, 0.4) is 0 Å². The number of ether oxygens (including phenoxy) is 1. The van der Waals surface area contributed by atoms with Crippen LogP contribution in [0.15, 0.2) is 59.5 Å². The van der Waals surface area contributed by atoms with E-state index in [1.165, 1.54) is 18.9 Å². The molecule has 0 spiro atoms. The molecule has 1 N–H and O–H groups in total. The molecule has 0 amide bonds. The maximum absolute atomic E-state index is 12.5. The minimum Gasteiger partial charge on any atom is -0.467 e. The summed E-state index contributed by atoms with van der Waals surface area (Å²) < 4.78 is 4.93. The van der Waals surface area contributed by atoms with Crippen molar-refractivity contribution in [2.75, 3.05) is 12.4 Å². The van der Waals surface area contributed by atoms with Gasteiger partial charge in [-0.05, 0) is 12.1 Å². The van der Waals surface area contributed by atoms with Crippen LogP contribution in [-0.2, 0) is 9.53 Å². The van der Waals surface area contributed by atoms with E-state index >= 15 is 0 Å². The van der Waals surface area contributed by atoms with Crippen LogP contribution < -0.4 is 5.32 Å². The number of esters is 1. The Morgan fingerprint density at radius 3 is 2.45 bits per heavy atom. The predicted molar refractivity (Wildman–Crippen MR) is 86.1 cm³/mol. The smallest absolute Gasteiger partial charge is 0.343 e. The molecule has 0 aliphatic carbocycles. The molecule has 1 atom stereocenters. The number of fused-ring (bicyclic) bond motifs is 1. The van der Waals surface area contributed by atoms with Gasteiger partial charge in [0.05, 0.1) is 13.5 Å². The van der Waals surface area contributed by atoms with Crippen LogP contribution in [0.1, 0.15) is 16.8 Å². The Morgan fingerprint density at radius 2 is 1.77 bits per heavy atom. The second-order valence-electron chi connectivity index (χ2n) is 5.01. The van der Waals surface area contributed by atoms with Crippen molar-refractivity contribution < 1.29 is 14.3 Å². The molecule has 1 aliphatic rings. The summed E-state index contributed by atoms with van der Waals surface area (Å²) in [5.41, 5.74) is 1.43. The fraction of sp³-hybridized carbons (Fsp3) is 0.176. The number of ketones is 1. The van der Waals surface area contributed by atoms with E-state index in [4.69, 9.17) is 4.74 Å². The minimum absolute atomic E-state index is 0.0308. The van der Waals surface area contributed by atoms with Gasteiger partial charge in [0.15, 0.2) is 10.7 Å². The summed E-state index contributed by atoms with van der Waals surface area (Å²) in [4.78, 5) is 24.7. The molecule has 0 aromatic heterocycles. The van der Waals surface area contributed by atoms with Gasteiger partial charge in [-0.3, -0.25) is 4.79 Å². The lowest BCUT2D eigenvalue weighted by Gasteiger charge is -2.25. The third-order valence-electron chi connectivity index (χ3n) is 3.53. The van der Waals surface area contributed by atoms with E-state index in [2.05, 4.69) is 5.32 Å². The molecule has 1 heterocycles. The summed E-state index contributed by atoms with van der Waals surface area (Å²) in [7, 11) is 1.34. The Labute approximate surface area is 132 Å². The molecule has 0 radical (unpaired) electrons. The van der Waals surface area contributed by atoms with Crippen LogP contribution in [0.5, 0.6) is 0 Å². The second kappa shape index (κ2) is 5.85. The summed E-state index contributed by atoms with van der Waals surface area (Å²) in [6, 6.07) is 16.6. The van der Waals surface area contributed by atoms with Gasteiger partial charge in [0.25, 0.3) is 0 Å². The SMILES string of the molecule is COC(=O)C1(CC(=O)c2ccccc2)Nc2ccccc2S1. The van der Waals surface area contributed by atoms with Crippen LogP contribution >= 0.6 is 11.8 Å². The number of methoxy groups -OCH3 is 1. The number of carbonyl (C=O) groups excluding carboxylic acids is 2. The van der Waals surface area contributed by atoms with E-state index in [1.54, 1.807) is 12.1 Å². The Hall–Kier alpha value is -2.27.